The molecule has 0 spiro atoms. The predicted octanol–water partition coefficient (Wildman–Crippen LogP) is 3.15. The molecular formula is C16H13AgClN2O+. The summed E-state index contributed by atoms with van der Waals surface area (Å²) in [6.07, 6.45) is 0. The van der Waals surface area contributed by atoms with Gasteiger partial charge in [0.1, 0.15) is 6.54 Å². The second-order valence-corrected chi connectivity index (χ2v) is 5.08. The van der Waals surface area contributed by atoms with Crippen LogP contribution >= 0.6 is 11.6 Å². The molecule has 0 atom stereocenters. The van der Waals surface area contributed by atoms with E-state index in [1.165, 1.54) is 0 Å². The third-order valence-electron chi connectivity index (χ3n) is 3.37. The van der Waals surface area contributed by atoms with Gasteiger partial charge in [-0.25, -0.2) is 0 Å². The summed E-state index contributed by atoms with van der Waals surface area (Å²) in [4.78, 5) is 18.1. The van der Waals surface area contributed by atoms with Crippen LogP contribution in [0.2, 0.25) is 5.02 Å². The number of nitrogens with zero attached hydrogens (tertiary/aromatic N) is 2. The van der Waals surface area contributed by atoms with Gasteiger partial charge < -0.3 is 4.90 Å². The summed E-state index contributed by atoms with van der Waals surface area (Å²) in [5.41, 5.74) is 3.51. The van der Waals surface area contributed by atoms with E-state index in [1.807, 2.05) is 42.5 Å². The van der Waals surface area contributed by atoms with E-state index in [-0.39, 0.29) is 34.8 Å². The maximum Gasteiger partial charge on any atom is 1.00 e. The summed E-state index contributed by atoms with van der Waals surface area (Å²) in [5.74, 6) is -0.0282. The summed E-state index contributed by atoms with van der Waals surface area (Å²) >= 11 is 6.11. The van der Waals surface area contributed by atoms with Crippen molar-refractivity contribution in [2.24, 2.45) is 4.99 Å². The standard InChI is InChI=1S/C16H13ClN2O.Ag/c1-19-14-8-7-12(17)9-13(14)16(18-10-15(19)20)11-5-3-2-4-6-11;/h2-9H,10H2,1H3;/q;+1. The Kier molecular flexibility index (Phi) is 5.01. The fraction of sp³-hybridized carbons (Fsp3) is 0.125. The van der Waals surface area contributed by atoms with Crippen molar-refractivity contribution in [3.63, 3.8) is 0 Å². The molecule has 0 fully saturated rings. The first-order chi connectivity index (χ1) is 9.66. The van der Waals surface area contributed by atoms with Gasteiger partial charge >= 0.3 is 22.4 Å². The number of benzene rings is 2. The number of carbonyl (C=O) groups is 1. The molecule has 1 aliphatic rings. The monoisotopic (exact) mass is 391 g/mol. The molecule has 0 N–H and O–H groups in total. The number of fused-ring (bicyclic) bond motifs is 1. The van der Waals surface area contributed by atoms with Crippen LogP contribution in [0, 0.1) is 0 Å². The molecule has 0 aliphatic carbocycles. The van der Waals surface area contributed by atoms with E-state index < -0.39 is 0 Å². The van der Waals surface area contributed by atoms with Crippen LogP contribution < -0.4 is 4.90 Å². The largest absolute Gasteiger partial charge is 1.00 e. The van der Waals surface area contributed by atoms with E-state index in [1.54, 1.807) is 18.0 Å². The minimum absolute atomic E-state index is 0. The third-order valence-corrected chi connectivity index (χ3v) is 3.60. The van der Waals surface area contributed by atoms with Crippen molar-refractivity contribution in [2.45, 2.75) is 0 Å². The van der Waals surface area contributed by atoms with Gasteiger partial charge in [-0.3, -0.25) is 9.79 Å². The number of aliphatic imine (C=N–C) groups is 1. The van der Waals surface area contributed by atoms with Gasteiger partial charge in [-0.15, -0.1) is 0 Å². The van der Waals surface area contributed by atoms with Gasteiger partial charge in [0.2, 0.25) is 5.91 Å². The van der Waals surface area contributed by atoms with Crippen LogP contribution in [0.25, 0.3) is 0 Å². The normalized spacial score (nSPS) is 13.9. The number of hydrogen-bond donors (Lipinski definition) is 0. The van der Waals surface area contributed by atoms with E-state index in [9.17, 15) is 4.79 Å². The molecule has 21 heavy (non-hydrogen) atoms. The number of carbonyl (C=O) groups excluding carboxylic acids is 1. The zero-order valence-corrected chi connectivity index (χ0v) is 13.5. The van der Waals surface area contributed by atoms with E-state index in [0.29, 0.717) is 5.02 Å². The second kappa shape index (κ2) is 6.58. The minimum atomic E-state index is -0.0282. The van der Waals surface area contributed by atoms with Crippen LogP contribution in [-0.2, 0) is 27.2 Å². The van der Waals surface area contributed by atoms with Crippen LogP contribution in [0.5, 0.6) is 0 Å². The average Bonchev–Trinajstić information content (AvgIpc) is 2.58. The first-order valence-electron chi connectivity index (χ1n) is 6.33. The summed E-state index contributed by atoms with van der Waals surface area (Å²) in [6.45, 7) is 0.146. The summed E-state index contributed by atoms with van der Waals surface area (Å²) < 4.78 is 0. The number of amides is 1. The average molecular weight is 393 g/mol. The molecular weight excluding hydrogens is 380 g/mol. The Morgan fingerprint density at radius 1 is 1.14 bits per heavy atom. The summed E-state index contributed by atoms with van der Waals surface area (Å²) in [7, 11) is 1.76. The third kappa shape index (κ3) is 3.11. The van der Waals surface area contributed by atoms with Gasteiger partial charge in [-0.05, 0) is 18.2 Å². The second-order valence-electron chi connectivity index (χ2n) is 4.65. The maximum atomic E-state index is 12.0. The van der Waals surface area contributed by atoms with Crippen LogP contribution in [0.3, 0.4) is 0 Å². The molecule has 1 heterocycles. The molecule has 0 radical (unpaired) electrons. The molecule has 3 rings (SSSR count). The number of likely N-dealkylation sites (N-methyl/N-ethyl adjacent to an activating group) is 1. The van der Waals surface area contributed by atoms with Crippen molar-refractivity contribution in [1.82, 2.24) is 0 Å². The van der Waals surface area contributed by atoms with Gasteiger partial charge in [0.05, 0.1) is 11.4 Å². The molecule has 5 heteroatoms. The van der Waals surface area contributed by atoms with Gasteiger partial charge in [0.15, 0.2) is 0 Å². The number of rotatable bonds is 1. The quantitative estimate of drug-likeness (QED) is 0.686. The van der Waals surface area contributed by atoms with Crippen molar-refractivity contribution >= 4 is 28.9 Å². The Bertz CT molecular complexity index is 701. The molecule has 0 aromatic heterocycles. The van der Waals surface area contributed by atoms with E-state index in [2.05, 4.69) is 4.99 Å². The smallest absolute Gasteiger partial charge is 0.313 e. The van der Waals surface area contributed by atoms with Crippen LogP contribution in [0.1, 0.15) is 11.1 Å². The van der Waals surface area contributed by atoms with E-state index in [4.69, 9.17) is 11.6 Å². The number of anilines is 1. The molecule has 1 aliphatic heterocycles. The number of hydrogen-bond acceptors (Lipinski definition) is 2. The minimum Gasteiger partial charge on any atom is -0.313 e. The SMILES string of the molecule is CN1C(=O)CN=C(c2ccccc2)c2cc(Cl)ccc21.[Ag+]. The zero-order chi connectivity index (χ0) is 14.1. The summed E-state index contributed by atoms with van der Waals surface area (Å²) in [6, 6.07) is 15.3. The topological polar surface area (TPSA) is 32.7 Å². The first kappa shape index (κ1) is 16.0. The fourth-order valence-corrected chi connectivity index (χ4v) is 2.48. The van der Waals surface area contributed by atoms with E-state index >= 15 is 0 Å². The predicted molar refractivity (Wildman–Crippen MR) is 81.8 cm³/mol. The summed E-state index contributed by atoms with van der Waals surface area (Å²) in [5, 5.41) is 0.634. The molecule has 3 nitrogen and oxygen atoms in total. The molecule has 0 saturated carbocycles. The van der Waals surface area contributed by atoms with Crippen LogP contribution in [0.4, 0.5) is 5.69 Å². The molecule has 0 saturated heterocycles. The molecule has 2 aromatic carbocycles. The zero-order valence-electron chi connectivity index (χ0n) is 11.3. The van der Waals surface area contributed by atoms with Crippen molar-refractivity contribution < 1.29 is 27.2 Å². The first-order valence-corrected chi connectivity index (χ1v) is 6.71. The van der Waals surface area contributed by atoms with Crippen LogP contribution in [-0.4, -0.2) is 25.2 Å². The van der Waals surface area contributed by atoms with Gasteiger partial charge in [-0.2, -0.15) is 0 Å². The number of benzodiazepines with no additional fused rings is 1. The number of halogens is 1. The van der Waals surface area contributed by atoms with E-state index in [0.717, 1.165) is 22.5 Å². The van der Waals surface area contributed by atoms with Crippen molar-refractivity contribution in [3.8, 4) is 0 Å². The van der Waals surface area contributed by atoms with Crippen molar-refractivity contribution in [2.75, 3.05) is 18.5 Å². The Morgan fingerprint density at radius 2 is 1.86 bits per heavy atom. The Labute approximate surface area is 144 Å². The fourth-order valence-electron chi connectivity index (χ4n) is 2.31. The van der Waals surface area contributed by atoms with Gasteiger partial charge in [0.25, 0.3) is 0 Å². The molecule has 1 amide bonds. The molecule has 110 valence electrons. The Morgan fingerprint density at radius 3 is 2.57 bits per heavy atom. The molecule has 0 bridgehead atoms. The van der Waals surface area contributed by atoms with Crippen molar-refractivity contribution in [3.05, 3.63) is 64.7 Å². The van der Waals surface area contributed by atoms with Crippen LogP contribution in [0.15, 0.2) is 53.5 Å². The van der Waals surface area contributed by atoms with Crippen molar-refractivity contribution in [1.29, 1.82) is 0 Å². The molecule has 2 aromatic rings. The Balaban J connectivity index is 0.00000161. The molecule has 0 unspecified atom stereocenters. The maximum absolute atomic E-state index is 12.0. The van der Waals surface area contributed by atoms with Gasteiger partial charge in [-0.1, -0.05) is 41.9 Å². The Hall–Kier alpha value is -1.39. The van der Waals surface area contributed by atoms with Gasteiger partial charge in [0, 0.05) is 23.2 Å².